The Morgan fingerprint density at radius 2 is 1.88 bits per heavy atom. The van der Waals surface area contributed by atoms with Crippen LogP contribution in [0.1, 0.15) is 22.6 Å². The van der Waals surface area contributed by atoms with Gasteiger partial charge in [0.05, 0.1) is 6.54 Å². The lowest BCUT2D eigenvalue weighted by atomic mass is 10.1. The molecule has 0 aliphatic rings. The minimum absolute atomic E-state index is 0.371. The van der Waals surface area contributed by atoms with Crippen LogP contribution in [0.3, 0.4) is 0 Å². The summed E-state index contributed by atoms with van der Waals surface area (Å²) in [6.07, 6.45) is 0. The second-order valence-corrected chi connectivity index (χ2v) is 6.36. The van der Waals surface area contributed by atoms with Gasteiger partial charge in [0.2, 0.25) is 11.7 Å². The highest BCUT2D eigenvalue weighted by Crippen LogP contribution is 2.20. The van der Waals surface area contributed by atoms with Gasteiger partial charge in [-0.3, -0.25) is 0 Å². The first-order chi connectivity index (χ1) is 12.0. The van der Waals surface area contributed by atoms with Gasteiger partial charge in [-0.05, 0) is 50.2 Å². The smallest absolute Gasteiger partial charge is 0.246 e. The zero-order valence-electron chi connectivity index (χ0n) is 14.5. The van der Waals surface area contributed by atoms with Crippen molar-refractivity contribution in [3.05, 3.63) is 65.0 Å². The summed E-state index contributed by atoms with van der Waals surface area (Å²) in [7, 11) is 0. The van der Waals surface area contributed by atoms with Gasteiger partial charge in [-0.1, -0.05) is 47.1 Å². The van der Waals surface area contributed by atoms with E-state index in [4.69, 9.17) is 16.7 Å². The van der Waals surface area contributed by atoms with Crippen molar-refractivity contribution in [2.45, 2.75) is 27.3 Å². The molecule has 0 amide bonds. The molecule has 0 bridgehead atoms. The van der Waals surface area contributed by atoms with Crippen molar-refractivity contribution < 1.29 is 4.52 Å². The molecule has 0 radical (unpaired) electrons. The highest BCUT2D eigenvalue weighted by Gasteiger charge is 2.11. The Labute approximate surface area is 152 Å². The molecule has 0 atom stereocenters. The Hall–Kier alpha value is -2.73. The number of hydrogen-bond donors (Lipinski definition) is 2. The fourth-order valence-corrected chi connectivity index (χ4v) is 2.72. The molecule has 2 aromatic carbocycles. The molecule has 0 spiro atoms. The number of anilines is 1. The number of aromatic nitrogens is 2. The van der Waals surface area contributed by atoms with E-state index in [2.05, 4.69) is 33.8 Å². The third-order valence-corrected chi connectivity index (χ3v) is 4.13. The number of nitrogens with zero attached hydrogens (tertiary/aromatic N) is 2. The van der Waals surface area contributed by atoms with Crippen LogP contribution in [0.5, 0.6) is 0 Å². The Balaban J connectivity index is 1.60. The molecule has 0 aliphatic carbocycles. The fourth-order valence-electron chi connectivity index (χ4n) is 2.54. The molecule has 3 aromatic rings. The fraction of sp³-hybridized carbons (Fsp3) is 0.211. The summed E-state index contributed by atoms with van der Waals surface area (Å²) in [5.41, 5.74) is 5.41. The van der Waals surface area contributed by atoms with Crippen molar-refractivity contribution >= 4 is 23.0 Å². The van der Waals surface area contributed by atoms with E-state index >= 15 is 0 Å². The predicted octanol–water partition coefficient (Wildman–Crippen LogP) is 4.15. The summed E-state index contributed by atoms with van der Waals surface area (Å²) >= 11 is 5.34. The van der Waals surface area contributed by atoms with Gasteiger partial charge < -0.3 is 15.2 Å². The summed E-state index contributed by atoms with van der Waals surface area (Å²) in [5, 5.41) is 10.8. The van der Waals surface area contributed by atoms with Gasteiger partial charge in [-0.25, -0.2) is 0 Å². The molecule has 6 heteroatoms. The molecular formula is C19H20N4OS. The van der Waals surface area contributed by atoms with Gasteiger partial charge in [0, 0.05) is 11.3 Å². The molecular weight excluding hydrogens is 332 g/mol. The Morgan fingerprint density at radius 1 is 1.08 bits per heavy atom. The molecule has 3 rings (SSSR count). The average Bonchev–Trinajstić information content (AvgIpc) is 3.05. The van der Waals surface area contributed by atoms with Crippen LogP contribution in [0.15, 0.2) is 47.0 Å². The maximum Gasteiger partial charge on any atom is 0.246 e. The molecule has 25 heavy (non-hydrogen) atoms. The van der Waals surface area contributed by atoms with Gasteiger partial charge >= 0.3 is 0 Å². The van der Waals surface area contributed by atoms with Gasteiger partial charge in [0.1, 0.15) is 0 Å². The lowest BCUT2D eigenvalue weighted by Gasteiger charge is -2.11. The predicted molar refractivity (Wildman–Crippen MR) is 103 cm³/mol. The molecule has 2 N–H and O–H groups in total. The largest absolute Gasteiger partial charge is 0.353 e. The summed E-state index contributed by atoms with van der Waals surface area (Å²) in [5.74, 6) is 1.08. The Morgan fingerprint density at radius 3 is 2.64 bits per heavy atom. The lowest BCUT2D eigenvalue weighted by molar-refractivity contribution is 0.376. The van der Waals surface area contributed by atoms with Crippen molar-refractivity contribution in [2.75, 3.05) is 5.32 Å². The number of rotatable bonds is 4. The number of hydrogen-bond acceptors (Lipinski definition) is 4. The zero-order valence-corrected chi connectivity index (χ0v) is 15.3. The molecule has 1 heterocycles. The van der Waals surface area contributed by atoms with E-state index in [9.17, 15) is 0 Å². The van der Waals surface area contributed by atoms with E-state index in [-0.39, 0.29) is 0 Å². The van der Waals surface area contributed by atoms with Crippen molar-refractivity contribution in [3.63, 3.8) is 0 Å². The SMILES string of the molecule is Cc1ccc(NC(=S)NCc2nc(-c3ccccc3C)no2)c(C)c1. The first kappa shape index (κ1) is 17.1. The van der Waals surface area contributed by atoms with E-state index in [0.29, 0.717) is 23.4 Å². The number of aryl methyl sites for hydroxylation is 3. The van der Waals surface area contributed by atoms with Gasteiger partial charge in [-0.15, -0.1) is 0 Å². The number of benzene rings is 2. The van der Waals surface area contributed by atoms with E-state index in [0.717, 1.165) is 22.4 Å². The van der Waals surface area contributed by atoms with Crippen LogP contribution in [0, 0.1) is 20.8 Å². The van der Waals surface area contributed by atoms with E-state index in [1.165, 1.54) is 5.56 Å². The molecule has 0 unspecified atom stereocenters. The zero-order chi connectivity index (χ0) is 17.8. The standard InChI is InChI=1S/C19H20N4OS/c1-12-8-9-16(14(3)10-12)21-19(25)20-11-17-22-18(23-24-17)15-7-5-4-6-13(15)2/h4-10H,11H2,1-3H3,(H2,20,21,25). The second kappa shape index (κ2) is 7.44. The van der Waals surface area contributed by atoms with Crippen LogP contribution in [0.25, 0.3) is 11.4 Å². The van der Waals surface area contributed by atoms with Crippen molar-refractivity contribution in [3.8, 4) is 11.4 Å². The monoisotopic (exact) mass is 352 g/mol. The lowest BCUT2D eigenvalue weighted by Crippen LogP contribution is -2.28. The van der Waals surface area contributed by atoms with Crippen molar-refractivity contribution in [1.82, 2.24) is 15.5 Å². The van der Waals surface area contributed by atoms with Crippen molar-refractivity contribution in [2.24, 2.45) is 0 Å². The second-order valence-electron chi connectivity index (χ2n) is 5.95. The maximum absolute atomic E-state index is 5.34. The van der Waals surface area contributed by atoms with Gasteiger partial charge in [0.15, 0.2) is 5.11 Å². The molecule has 0 fully saturated rings. The maximum atomic E-state index is 5.34. The van der Waals surface area contributed by atoms with Crippen LogP contribution >= 0.6 is 12.2 Å². The first-order valence-corrected chi connectivity index (χ1v) is 8.44. The van der Waals surface area contributed by atoms with E-state index < -0.39 is 0 Å². The summed E-state index contributed by atoms with van der Waals surface area (Å²) in [4.78, 5) is 4.42. The van der Waals surface area contributed by atoms with Gasteiger partial charge in [-0.2, -0.15) is 4.98 Å². The van der Waals surface area contributed by atoms with E-state index in [1.807, 2.05) is 50.2 Å². The third-order valence-electron chi connectivity index (χ3n) is 3.88. The highest BCUT2D eigenvalue weighted by atomic mass is 32.1. The first-order valence-electron chi connectivity index (χ1n) is 8.03. The van der Waals surface area contributed by atoms with Crippen LogP contribution in [0.2, 0.25) is 0 Å². The third kappa shape index (κ3) is 4.22. The molecule has 0 saturated carbocycles. The topological polar surface area (TPSA) is 63.0 Å². The minimum Gasteiger partial charge on any atom is -0.353 e. The average molecular weight is 352 g/mol. The molecule has 0 saturated heterocycles. The van der Waals surface area contributed by atoms with Crippen molar-refractivity contribution in [1.29, 1.82) is 0 Å². The van der Waals surface area contributed by atoms with Crippen LogP contribution in [0.4, 0.5) is 5.69 Å². The summed E-state index contributed by atoms with van der Waals surface area (Å²) in [6.45, 7) is 6.50. The molecule has 0 aliphatic heterocycles. The Kier molecular flexibility index (Phi) is 5.09. The molecule has 5 nitrogen and oxygen atoms in total. The summed E-state index contributed by atoms with van der Waals surface area (Å²) in [6, 6.07) is 14.1. The van der Waals surface area contributed by atoms with Crippen LogP contribution < -0.4 is 10.6 Å². The quantitative estimate of drug-likeness (QED) is 0.688. The number of thiocarbonyl (C=S) groups is 1. The number of nitrogens with one attached hydrogen (secondary N) is 2. The summed E-state index contributed by atoms with van der Waals surface area (Å²) < 4.78 is 5.30. The molecule has 128 valence electrons. The Bertz CT molecular complexity index is 904. The van der Waals surface area contributed by atoms with Gasteiger partial charge in [0.25, 0.3) is 0 Å². The normalized spacial score (nSPS) is 10.5. The molecule has 1 aromatic heterocycles. The van der Waals surface area contributed by atoms with Crippen LogP contribution in [-0.2, 0) is 6.54 Å². The van der Waals surface area contributed by atoms with E-state index in [1.54, 1.807) is 0 Å². The van der Waals surface area contributed by atoms with Crippen LogP contribution in [-0.4, -0.2) is 15.3 Å². The minimum atomic E-state index is 0.371. The highest BCUT2D eigenvalue weighted by molar-refractivity contribution is 7.80.